The molecule has 3 aromatic rings. The molecule has 0 spiro atoms. The van der Waals surface area contributed by atoms with Gasteiger partial charge in [0.05, 0.1) is 26.7 Å². The van der Waals surface area contributed by atoms with E-state index in [2.05, 4.69) is 5.43 Å². The average Bonchev–Trinajstić information content (AvgIpc) is 2.68. The largest absolute Gasteiger partial charge is 0.288 e. The molecule has 0 fully saturated rings. The van der Waals surface area contributed by atoms with Gasteiger partial charge in [0.15, 0.2) is 0 Å². The van der Waals surface area contributed by atoms with Crippen molar-refractivity contribution in [1.29, 1.82) is 0 Å². The Labute approximate surface area is 166 Å². The number of carbonyl (C=O) groups excluding carboxylic acids is 2. The fraction of sp³-hybridized carbons (Fsp3) is 0. The molecule has 29 heavy (non-hydrogen) atoms. The number of benzene rings is 3. The van der Waals surface area contributed by atoms with Gasteiger partial charge in [-0.2, -0.15) is 5.01 Å². The number of amides is 2. The van der Waals surface area contributed by atoms with E-state index < -0.39 is 33.0 Å². The zero-order valence-corrected chi connectivity index (χ0v) is 15.0. The Kier molecular flexibility index (Phi) is 4.13. The second-order valence-corrected chi connectivity index (χ2v) is 6.53. The number of hydrogen-bond donors (Lipinski definition) is 1. The highest BCUT2D eigenvalue weighted by atomic mass is 35.5. The molecule has 144 valence electrons. The van der Waals surface area contributed by atoms with Gasteiger partial charge >= 0.3 is 0 Å². The van der Waals surface area contributed by atoms with Gasteiger partial charge in [-0.05, 0) is 30.3 Å². The summed E-state index contributed by atoms with van der Waals surface area (Å²) in [5, 5.41) is 23.4. The fourth-order valence-corrected chi connectivity index (χ4v) is 3.43. The molecular weight excluding hydrogens is 404 g/mol. The van der Waals surface area contributed by atoms with E-state index in [0.717, 1.165) is 17.1 Å². The van der Waals surface area contributed by atoms with E-state index in [-0.39, 0.29) is 21.9 Å². The summed E-state index contributed by atoms with van der Waals surface area (Å²) < 4.78 is 0. The molecule has 11 heteroatoms. The third-order valence-electron chi connectivity index (χ3n) is 4.44. The Morgan fingerprint density at radius 2 is 1.38 bits per heavy atom. The van der Waals surface area contributed by atoms with Gasteiger partial charge in [0, 0.05) is 22.5 Å². The first-order valence-corrected chi connectivity index (χ1v) is 8.47. The normalized spacial score (nSPS) is 12.9. The van der Waals surface area contributed by atoms with Crippen molar-refractivity contribution in [3.63, 3.8) is 0 Å². The fourth-order valence-electron chi connectivity index (χ4n) is 3.24. The molecule has 0 atom stereocenters. The number of rotatable bonds is 4. The number of non-ortho nitro benzene ring substituents is 2. The Morgan fingerprint density at radius 3 is 1.86 bits per heavy atom. The highest BCUT2D eigenvalue weighted by Crippen LogP contribution is 2.40. The SMILES string of the molecule is O=C1c2ccc([N+](=O)[O-])c3c([N+](=O)[O-])ccc(c23)C(=O)N1Nc1cccc(Cl)c1. The molecule has 0 saturated heterocycles. The van der Waals surface area contributed by atoms with E-state index in [1.165, 1.54) is 18.2 Å². The van der Waals surface area contributed by atoms with Gasteiger partial charge < -0.3 is 0 Å². The number of nitro benzene ring substituents is 2. The molecule has 1 aliphatic rings. The van der Waals surface area contributed by atoms with E-state index in [9.17, 15) is 29.8 Å². The maximum Gasteiger partial charge on any atom is 0.284 e. The third kappa shape index (κ3) is 2.82. The van der Waals surface area contributed by atoms with E-state index in [1.807, 2.05) is 0 Å². The number of nitrogens with zero attached hydrogens (tertiary/aromatic N) is 3. The zero-order valence-electron chi connectivity index (χ0n) is 14.3. The second-order valence-electron chi connectivity index (χ2n) is 6.10. The van der Waals surface area contributed by atoms with Gasteiger partial charge in [0.1, 0.15) is 5.39 Å². The highest BCUT2D eigenvalue weighted by Gasteiger charge is 2.38. The average molecular weight is 413 g/mol. The molecular formula is C18H9ClN4O6. The van der Waals surface area contributed by atoms with Crippen molar-refractivity contribution in [2.75, 3.05) is 5.43 Å². The molecule has 0 unspecified atom stereocenters. The molecule has 0 aliphatic carbocycles. The number of anilines is 1. The van der Waals surface area contributed by atoms with Crippen LogP contribution in [0.25, 0.3) is 10.8 Å². The first kappa shape index (κ1) is 18.3. The standard InChI is InChI=1S/C18H9ClN4O6/c19-9-2-1-3-10(8-9)20-21-17(24)11-4-6-13(22(26)27)16-14(23(28)29)7-5-12(15(11)16)18(21)25/h1-8,20H. The minimum absolute atomic E-state index is 0.0709. The third-order valence-corrected chi connectivity index (χ3v) is 4.68. The van der Waals surface area contributed by atoms with Gasteiger partial charge in [-0.15, -0.1) is 0 Å². The van der Waals surface area contributed by atoms with Crippen LogP contribution in [-0.4, -0.2) is 26.7 Å². The van der Waals surface area contributed by atoms with Gasteiger partial charge in [0.25, 0.3) is 23.2 Å². The molecule has 2 amide bonds. The monoisotopic (exact) mass is 412 g/mol. The minimum Gasteiger partial charge on any atom is -0.288 e. The molecule has 0 saturated carbocycles. The smallest absolute Gasteiger partial charge is 0.284 e. The summed E-state index contributed by atoms with van der Waals surface area (Å²) in [6.45, 7) is 0. The summed E-state index contributed by atoms with van der Waals surface area (Å²) in [5.41, 5.74) is 1.76. The zero-order chi connectivity index (χ0) is 20.9. The van der Waals surface area contributed by atoms with Crippen LogP contribution in [0.3, 0.4) is 0 Å². The van der Waals surface area contributed by atoms with E-state index >= 15 is 0 Å². The van der Waals surface area contributed by atoms with Crippen LogP contribution in [-0.2, 0) is 0 Å². The Hall–Kier alpha value is -4.05. The maximum absolute atomic E-state index is 12.9. The number of nitrogens with one attached hydrogen (secondary N) is 1. The molecule has 0 aromatic heterocycles. The van der Waals surface area contributed by atoms with Crippen molar-refractivity contribution < 1.29 is 19.4 Å². The summed E-state index contributed by atoms with van der Waals surface area (Å²) in [7, 11) is 0. The van der Waals surface area contributed by atoms with Crippen molar-refractivity contribution >= 4 is 51.2 Å². The lowest BCUT2D eigenvalue weighted by Gasteiger charge is -2.27. The van der Waals surface area contributed by atoms with Crippen LogP contribution >= 0.6 is 11.6 Å². The van der Waals surface area contributed by atoms with Crippen LogP contribution in [0, 0.1) is 20.2 Å². The molecule has 4 rings (SSSR count). The molecule has 1 aliphatic heterocycles. The Balaban J connectivity index is 1.94. The molecule has 1 N–H and O–H groups in total. The Bertz CT molecular complexity index is 1190. The Morgan fingerprint density at radius 1 is 0.828 bits per heavy atom. The molecule has 0 bridgehead atoms. The van der Waals surface area contributed by atoms with E-state index in [4.69, 9.17) is 11.6 Å². The highest BCUT2D eigenvalue weighted by molar-refractivity contribution is 6.31. The van der Waals surface area contributed by atoms with Crippen LogP contribution in [0.2, 0.25) is 5.02 Å². The number of imide groups is 1. The number of hydrazine groups is 1. The van der Waals surface area contributed by atoms with Crippen molar-refractivity contribution in [3.8, 4) is 0 Å². The first-order chi connectivity index (χ1) is 13.8. The molecule has 0 radical (unpaired) electrons. The van der Waals surface area contributed by atoms with Crippen LogP contribution in [0.15, 0.2) is 48.5 Å². The number of carbonyl (C=O) groups is 2. The summed E-state index contributed by atoms with van der Waals surface area (Å²) >= 11 is 5.92. The number of hydrogen-bond acceptors (Lipinski definition) is 7. The summed E-state index contributed by atoms with van der Waals surface area (Å²) in [6.07, 6.45) is 0. The lowest BCUT2D eigenvalue weighted by atomic mass is 9.92. The quantitative estimate of drug-likeness (QED) is 0.389. The van der Waals surface area contributed by atoms with Gasteiger partial charge in [-0.1, -0.05) is 17.7 Å². The van der Waals surface area contributed by atoms with Crippen molar-refractivity contribution in [2.24, 2.45) is 0 Å². The van der Waals surface area contributed by atoms with Gasteiger partial charge in [-0.3, -0.25) is 35.2 Å². The number of halogens is 1. The predicted molar refractivity (Wildman–Crippen MR) is 103 cm³/mol. The van der Waals surface area contributed by atoms with Crippen LogP contribution < -0.4 is 5.43 Å². The van der Waals surface area contributed by atoms with Crippen molar-refractivity contribution in [3.05, 3.63) is 84.9 Å². The van der Waals surface area contributed by atoms with Gasteiger partial charge in [0.2, 0.25) is 0 Å². The van der Waals surface area contributed by atoms with Crippen molar-refractivity contribution in [1.82, 2.24) is 5.01 Å². The number of nitro groups is 2. The maximum atomic E-state index is 12.9. The molecule has 3 aromatic carbocycles. The molecule has 1 heterocycles. The second kappa shape index (κ2) is 6.53. The summed E-state index contributed by atoms with van der Waals surface area (Å²) in [5.74, 6) is -1.61. The van der Waals surface area contributed by atoms with Gasteiger partial charge in [-0.25, -0.2) is 0 Å². The van der Waals surface area contributed by atoms with E-state index in [1.54, 1.807) is 18.2 Å². The summed E-state index contributed by atoms with van der Waals surface area (Å²) in [4.78, 5) is 47.1. The van der Waals surface area contributed by atoms with Crippen molar-refractivity contribution in [2.45, 2.75) is 0 Å². The first-order valence-electron chi connectivity index (χ1n) is 8.09. The van der Waals surface area contributed by atoms with Crippen LogP contribution in [0.5, 0.6) is 0 Å². The van der Waals surface area contributed by atoms with E-state index in [0.29, 0.717) is 10.7 Å². The topological polar surface area (TPSA) is 136 Å². The lowest BCUT2D eigenvalue weighted by Crippen LogP contribution is -2.44. The molecule has 10 nitrogen and oxygen atoms in total. The summed E-state index contributed by atoms with van der Waals surface area (Å²) in [6, 6.07) is 10.7. The minimum atomic E-state index is -0.803. The van der Waals surface area contributed by atoms with Crippen LogP contribution in [0.1, 0.15) is 20.7 Å². The van der Waals surface area contributed by atoms with Crippen LogP contribution in [0.4, 0.5) is 17.1 Å². The predicted octanol–water partition coefficient (Wildman–Crippen LogP) is 3.93. The lowest BCUT2D eigenvalue weighted by molar-refractivity contribution is -0.390.